The molecule has 4 heteroatoms. The molecule has 1 N–H and O–H groups in total. The second-order valence-corrected chi connectivity index (χ2v) is 18.7. The van der Waals surface area contributed by atoms with Crippen LogP contribution in [0.2, 0.25) is 0 Å². The Labute approximate surface area is 371 Å². The van der Waals surface area contributed by atoms with Gasteiger partial charge in [-0.2, -0.15) is 0 Å². The first-order valence-electron chi connectivity index (χ1n) is 27.3. The molecule has 0 heterocycles. The van der Waals surface area contributed by atoms with E-state index in [0.717, 1.165) is 19.3 Å². The van der Waals surface area contributed by atoms with Crippen molar-refractivity contribution in [3.8, 4) is 0 Å². The fourth-order valence-electron chi connectivity index (χ4n) is 8.50. The third-order valence-corrected chi connectivity index (χ3v) is 12.6. The maximum atomic E-state index is 12.3. The number of esters is 1. The zero-order valence-electron chi connectivity index (χ0n) is 40.6. The number of ether oxygens (including phenoxy) is 2. The van der Waals surface area contributed by atoms with Gasteiger partial charge in [0.05, 0.1) is 13.2 Å². The van der Waals surface area contributed by atoms with Crippen LogP contribution in [0.15, 0.2) is 12.2 Å². The molecule has 59 heavy (non-hydrogen) atoms. The van der Waals surface area contributed by atoms with Crippen LogP contribution in [0, 0.1) is 0 Å². The Morgan fingerprint density at radius 3 is 0.966 bits per heavy atom. The van der Waals surface area contributed by atoms with Gasteiger partial charge >= 0.3 is 5.97 Å². The smallest absolute Gasteiger partial charge is 0.306 e. The van der Waals surface area contributed by atoms with Crippen molar-refractivity contribution in [2.75, 3.05) is 19.8 Å². The van der Waals surface area contributed by atoms with Crippen LogP contribution in [0.25, 0.3) is 0 Å². The minimum absolute atomic E-state index is 0.165. The number of unbranched alkanes of at least 4 members (excludes halogenated alkanes) is 42. The maximum Gasteiger partial charge on any atom is 0.306 e. The van der Waals surface area contributed by atoms with E-state index in [-0.39, 0.29) is 12.6 Å². The van der Waals surface area contributed by atoms with Gasteiger partial charge in [0, 0.05) is 13.0 Å². The van der Waals surface area contributed by atoms with Gasteiger partial charge in [-0.05, 0) is 38.5 Å². The average Bonchev–Trinajstić information content (AvgIpc) is 3.24. The lowest BCUT2D eigenvalue weighted by molar-refractivity contribution is -0.154. The zero-order chi connectivity index (χ0) is 42.6. The van der Waals surface area contributed by atoms with Crippen LogP contribution in [-0.2, 0) is 14.3 Å². The number of carbonyl (C=O) groups excluding carboxylic acids is 1. The number of allylic oxidation sites excluding steroid dienone is 2. The van der Waals surface area contributed by atoms with Gasteiger partial charge in [-0.1, -0.05) is 276 Å². The van der Waals surface area contributed by atoms with E-state index in [4.69, 9.17) is 9.47 Å². The minimum atomic E-state index is -0.529. The molecule has 0 fully saturated rings. The Morgan fingerprint density at radius 1 is 0.390 bits per heavy atom. The topological polar surface area (TPSA) is 55.8 Å². The minimum Gasteiger partial charge on any atom is -0.457 e. The molecule has 0 radical (unpaired) electrons. The van der Waals surface area contributed by atoms with Crippen LogP contribution in [0.4, 0.5) is 0 Å². The fourth-order valence-corrected chi connectivity index (χ4v) is 8.50. The normalized spacial score (nSPS) is 12.3. The predicted octanol–water partition coefficient (Wildman–Crippen LogP) is 18.4. The lowest BCUT2D eigenvalue weighted by Gasteiger charge is -2.16. The number of hydrogen-bond acceptors (Lipinski definition) is 4. The van der Waals surface area contributed by atoms with E-state index in [1.165, 1.54) is 270 Å². The molecule has 0 aliphatic heterocycles. The Hall–Kier alpha value is -0.870. The van der Waals surface area contributed by atoms with Gasteiger partial charge in [-0.15, -0.1) is 0 Å². The van der Waals surface area contributed by atoms with Crippen LogP contribution in [0.5, 0.6) is 0 Å². The molecule has 1 unspecified atom stereocenters. The zero-order valence-corrected chi connectivity index (χ0v) is 40.6. The molecule has 1 atom stereocenters. The van der Waals surface area contributed by atoms with Crippen molar-refractivity contribution >= 4 is 5.97 Å². The molecule has 4 nitrogen and oxygen atoms in total. The highest BCUT2D eigenvalue weighted by Crippen LogP contribution is 2.17. The predicted molar refractivity (Wildman–Crippen MR) is 261 cm³/mol. The van der Waals surface area contributed by atoms with Crippen molar-refractivity contribution in [3.05, 3.63) is 12.2 Å². The van der Waals surface area contributed by atoms with Crippen LogP contribution in [0.1, 0.15) is 309 Å². The Morgan fingerprint density at radius 2 is 0.661 bits per heavy atom. The quantitative estimate of drug-likeness (QED) is 0.0377. The molecule has 0 aromatic rings. The van der Waals surface area contributed by atoms with Gasteiger partial charge in [0.1, 0.15) is 6.10 Å². The largest absolute Gasteiger partial charge is 0.457 e. The summed E-state index contributed by atoms with van der Waals surface area (Å²) in [5.74, 6) is -0.191. The molecule has 0 saturated heterocycles. The van der Waals surface area contributed by atoms with Crippen molar-refractivity contribution < 1.29 is 19.4 Å². The van der Waals surface area contributed by atoms with Crippen LogP contribution < -0.4 is 0 Å². The standard InChI is InChI=1S/C55H108O4/c1-3-5-7-9-11-13-15-17-19-21-23-25-27-29-31-33-35-37-39-41-43-45-47-49-51-58-53-54(52-56)59-55(57)50-48-46-44-42-40-38-36-34-32-30-28-26-24-22-20-18-16-14-12-10-8-6-4-2/h21,23,54,56H,3-20,22,24-53H2,1-2H3/b23-21-. The first kappa shape index (κ1) is 58.1. The van der Waals surface area contributed by atoms with E-state index in [1.807, 2.05) is 0 Å². The summed E-state index contributed by atoms with van der Waals surface area (Å²) in [6, 6.07) is 0. The van der Waals surface area contributed by atoms with Gasteiger partial charge in [-0.25, -0.2) is 0 Å². The number of aliphatic hydroxyl groups excluding tert-OH is 1. The van der Waals surface area contributed by atoms with E-state index in [1.54, 1.807) is 0 Å². The molecule has 0 aromatic carbocycles. The summed E-state index contributed by atoms with van der Waals surface area (Å²) in [5.41, 5.74) is 0. The highest BCUT2D eigenvalue weighted by atomic mass is 16.6. The molecule has 0 saturated carbocycles. The fraction of sp³-hybridized carbons (Fsp3) is 0.945. The molecule has 0 spiro atoms. The van der Waals surface area contributed by atoms with Crippen molar-refractivity contribution in [1.29, 1.82) is 0 Å². The number of hydrogen-bond donors (Lipinski definition) is 1. The summed E-state index contributed by atoms with van der Waals surface area (Å²) in [7, 11) is 0. The van der Waals surface area contributed by atoms with E-state index in [0.29, 0.717) is 19.6 Å². The molecule has 0 rings (SSSR count). The van der Waals surface area contributed by atoms with Crippen molar-refractivity contribution in [2.24, 2.45) is 0 Å². The molecular formula is C55H108O4. The van der Waals surface area contributed by atoms with Crippen LogP contribution in [0.3, 0.4) is 0 Å². The van der Waals surface area contributed by atoms with Crippen molar-refractivity contribution in [1.82, 2.24) is 0 Å². The monoisotopic (exact) mass is 833 g/mol. The second kappa shape index (κ2) is 53.3. The van der Waals surface area contributed by atoms with E-state index in [2.05, 4.69) is 26.0 Å². The lowest BCUT2D eigenvalue weighted by Crippen LogP contribution is -2.27. The first-order valence-corrected chi connectivity index (χ1v) is 27.3. The molecule has 352 valence electrons. The molecular weight excluding hydrogens is 725 g/mol. The summed E-state index contributed by atoms with van der Waals surface area (Å²) >= 11 is 0. The summed E-state index contributed by atoms with van der Waals surface area (Å²) in [6.07, 6.45) is 66.1. The SMILES string of the molecule is CCCCCCCCCC/C=C\CCCCCCCCCCCCCCOCC(CO)OC(=O)CCCCCCCCCCCCCCCCCCCCCCCCC. The van der Waals surface area contributed by atoms with E-state index < -0.39 is 6.10 Å². The average molecular weight is 833 g/mol. The molecule has 0 bridgehead atoms. The third kappa shape index (κ3) is 51.4. The van der Waals surface area contributed by atoms with Gasteiger partial charge < -0.3 is 14.6 Å². The summed E-state index contributed by atoms with van der Waals surface area (Å²) < 4.78 is 11.2. The molecule has 0 amide bonds. The lowest BCUT2D eigenvalue weighted by atomic mass is 10.0. The van der Waals surface area contributed by atoms with Crippen LogP contribution in [-0.4, -0.2) is 37.0 Å². The van der Waals surface area contributed by atoms with Crippen LogP contribution >= 0.6 is 0 Å². The molecule has 0 aliphatic carbocycles. The van der Waals surface area contributed by atoms with Crippen molar-refractivity contribution in [3.63, 3.8) is 0 Å². The number of rotatable bonds is 52. The Kier molecular flexibility index (Phi) is 52.5. The first-order chi connectivity index (χ1) is 29.2. The molecule has 0 aromatic heterocycles. The third-order valence-electron chi connectivity index (χ3n) is 12.6. The summed E-state index contributed by atoms with van der Waals surface area (Å²) in [5, 5.41) is 9.66. The van der Waals surface area contributed by atoms with E-state index in [9.17, 15) is 9.90 Å². The number of aliphatic hydroxyl groups is 1. The Bertz CT molecular complexity index is 796. The van der Waals surface area contributed by atoms with Gasteiger partial charge in [0.2, 0.25) is 0 Å². The maximum absolute atomic E-state index is 12.3. The van der Waals surface area contributed by atoms with E-state index >= 15 is 0 Å². The number of carbonyl (C=O) groups is 1. The summed E-state index contributed by atoms with van der Waals surface area (Å²) in [6.45, 7) is 5.41. The highest BCUT2D eigenvalue weighted by molar-refractivity contribution is 5.69. The van der Waals surface area contributed by atoms with Crippen molar-refractivity contribution in [2.45, 2.75) is 315 Å². The van der Waals surface area contributed by atoms with Gasteiger partial charge in [-0.3, -0.25) is 4.79 Å². The van der Waals surface area contributed by atoms with Gasteiger partial charge in [0.25, 0.3) is 0 Å². The molecule has 0 aliphatic rings. The summed E-state index contributed by atoms with van der Waals surface area (Å²) in [4.78, 5) is 12.3. The Balaban J connectivity index is 3.33. The second-order valence-electron chi connectivity index (χ2n) is 18.7. The van der Waals surface area contributed by atoms with Gasteiger partial charge in [0.15, 0.2) is 0 Å². The highest BCUT2D eigenvalue weighted by Gasteiger charge is 2.13.